The zero-order valence-corrected chi connectivity index (χ0v) is 14.9. The standard InChI is InChI=1S/C23H17NO4/c25-21-17-13-7-8-14-18(17)22(26)24(21)20(23(27)28)19(15-9-3-1-4-10-15)16-11-5-2-6-12-16/h1-14,19-20H,(H,27,28). The van der Waals surface area contributed by atoms with E-state index in [-0.39, 0.29) is 11.1 Å². The van der Waals surface area contributed by atoms with Crippen LogP contribution in [-0.2, 0) is 4.79 Å². The fourth-order valence-electron chi connectivity index (χ4n) is 3.74. The molecule has 0 spiro atoms. The number of hydrogen-bond acceptors (Lipinski definition) is 3. The molecule has 0 saturated heterocycles. The zero-order chi connectivity index (χ0) is 19.7. The summed E-state index contributed by atoms with van der Waals surface area (Å²) in [5.41, 5.74) is 1.91. The number of carbonyl (C=O) groups excluding carboxylic acids is 2. The molecule has 138 valence electrons. The Morgan fingerprint density at radius 3 is 1.46 bits per heavy atom. The molecule has 1 N–H and O–H groups in total. The lowest BCUT2D eigenvalue weighted by molar-refractivity contribution is -0.142. The topological polar surface area (TPSA) is 74.7 Å². The predicted octanol–water partition coefficient (Wildman–Crippen LogP) is 3.57. The van der Waals surface area contributed by atoms with Gasteiger partial charge in [-0.3, -0.25) is 14.5 Å². The van der Waals surface area contributed by atoms with E-state index < -0.39 is 29.7 Å². The van der Waals surface area contributed by atoms with Gasteiger partial charge in [-0.1, -0.05) is 72.8 Å². The van der Waals surface area contributed by atoms with Crippen LogP contribution in [-0.4, -0.2) is 33.8 Å². The highest BCUT2D eigenvalue weighted by Crippen LogP contribution is 2.35. The minimum absolute atomic E-state index is 0.235. The predicted molar refractivity (Wildman–Crippen MR) is 103 cm³/mol. The SMILES string of the molecule is O=C(O)C(C(c1ccccc1)c1ccccc1)N1C(=O)c2ccccc2C1=O. The maximum atomic E-state index is 13.0. The Labute approximate surface area is 161 Å². The molecule has 1 unspecified atom stereocenters. The Bertz CT molecular complexity index is 972. The van der Waals surface area contributed by atoms with Gasteiger partial charge in [-0.05, 0) is 23.3 Å². The summed E-state index contributed by atoms with van der Waals surface area (Å²) in [6, 6.07) is 23.2. The van der Waals surface area contributed by atoms with Gasteiger partial charge in [0.05, 0.1) is 11.1 Å². The molecule has 0 aliphatic carbocycles. The maximum absolute atomic E-state index is 13.0. The molecule has 0 radical (unpaired) electrons. The molecule has 5 heteroatoms. The van der Waals surface area contributed by atoms with E-state index in [4.69, 9.17) is 0 Å². The van der Waals surface area contributed by atoms with Crippen LogP contribution in [0.2, 0.25) is 0 Å². The quantitative estimate of drug-likeness (QED) is 0.696. The Kier molecular flexibility index (Phi) is 4.49. The van der Waals surface area contributed by atoms with E-state index in [0.717, 1.165) is 16.0 Å². The van der Waals surface area contributed by atoms with E-state index in [9.17, 15) is 19.5 Å². The highest BCUT2D eigenvalue weighted by molar-refractivity contribution is 6.22. The van der Waals surface area contributed by atoms with Crippen molar-refractivity contribution in [1.82, 2.24) is 4.90 Å². The first-order chi connectivity index (χ1) is 13.6. The maximum Gasteiger partial charge on any atom is 0.327 e. The molecule has 5 nitrogen and oxygen atoms in total. The van der Waals surface area contributed by atoms with Gasteiger partial charge in [-0.15, -0.1) is 0 Å². The van der Waals surface area contributed by atoms with Crippen molar-refractivity contribution >= 4 is 17.8 Å². The van der Waals surface area contributed by atoms with Gasteiger partial charge in [0.2, 0.25) is 0 Å². The van der Waals surface area contributed by atoms with E-state index >= 15 is 0 Å². The summed E-state index contributed by atoms with van der Waals surface area (Å²) in [5, 5.41) is 10.1. The third-order valence-electron chi connectivity index (χ3n) is 4.99. The molecule has 0 saturated carbocycles. The molecule has 3 aromatic carbocycles. The first-order valence-corrected chi connectivity index (χ1v) is 8.89. The second-order valence-corrected chi connectivity index (χ2v) is 6.61. The van der Waals surface area contributed by atoms with Crippen LogP contribution in [0.25, 0.3) is 0 Å². The second-order valence-electron chi connectivity index (χ2n) is 6.61. The molecular formula is C23H17NO4. The normalized spacial score (nSPS) is 14.2. The lowest BCUT2D eigenvalue weighted by Crippen LogP contribution is -2.48. The fraction of sp³-hybridized carbons (Fsp3) is 0.0870. The molecule has 0 bridgehead atoms. The number of benzene rings is 3. The smallest absolute Gasteiger partial charge is 0.327 e. The van der Waals surface area contributed by atoms with Crippen LogP contribution in [0.1, 0.15) is 37.8 Å². The van der Waals surface area contributed by atoms with Crippen LogP contribution >= 0.6 is 0 Å². The molecule has 28 heavy (non-hydrogen) atoms. The van der Waals surface area contributed by atoms with Crippen LogP contribution < -0.4 is 0 Å². The number of carbonyl (C=O) groups is 3. The highest BCUT2D eigenvalue weighted by Gasteiger charge is 2.46. The van der Waals surface area contributed by atoms with Gasteiger partial charge in [0, 0.05) is 5.92 Å². The first kappa shape index (κ1) is 17.7. The summed E-state index contributed by atoms with van der Waals surface area (Å²) in [4.78, 5) is 39.2. The summed E-state index contributed by atoms with van der Waals surface area (Å²) in [5.74, 6) is -3.08. The first-order valence-electron chi connectivity index (χ1n) is 8.89. The van der Waals surface area contributed by atoms with Crippen molar-refractivity contribution < 1.29 is 19.5 Å². The number of nitrogens with zero attached hydrogens (tertiary/aromatic N) is 1. The summed E-state index contributed by atoms with van der Waals surface area (Å²) in [6.45, 7) is 0. The van der Waals surface area contributed by atoms with Crippen LogP contribution in [0.15, 0.2) is 84.9 Å². The monoisotopic (exact) mass is 371 g/mol. The molecule has 1 heterocycles. The average molecular weight is 371 g/mol. The molecule has 2 amide bonds. The van der Waals surface area contributed by atoms with Crippen LogP contribution in [0.5, 0.6) is 0 Å². The number of fused-ring (bicyclic) bond motifs is 1. The molecule has 1 aliphatic heterocycles. The van der Waals surface area contributed by atoms with Crippen molar-refractivity contribution in [2.24, 2.45) is 0 Å². The Morgan fingerprint density at radius 1 is 0.679 bits per heavy atom. The highest BCUT2D eigenvalue weighted by atomic mass is 16.4. The minimum Gasteiger partial charge on any atom is -0.480 e. The van der Waals surface area contributed by atoms with Gasteiger partial charge in [0.25, 0.3) is 11.8 Å². The van der Waals surface area contributed by atoms with Gasteiger partial charge in [0.1, 0.15) is 6.04 Å². The number of imide groups is 1. The van der Waals surface area contributed by atoms with Crippen molar-refractivity contribution in [3.63, 3.8) is 0 Å². The molecule has 1 atom stereocenters. The molecule has 0 fully saturated rings. The average Bonchev–Trinajstić information content (AvgIpc) is 2.98. The number of rotatable bonds is 5. The second kappa shape index (κ2) is 7.12. The number of hydrogen-bond donors (Lipinski definition) is 1. The molecule has 0 aromatic heterocycles. The number of carboxylic acids is 1. The number of aliphatic carboxylic acids is 1. The van der Waals surface area contributed by atoms with Crippen LogP contribution in [0, 0.1) is 0 Å². The fourth-order valence-corrected chi connectivity index (χ4v) is 3.74. The molecule has 1 aliphatic rings. The van der Waals surface area contributed by atoms with E-state index in [2.05, 4.69) is 0 Å². The van der Waals surface area contributed by atoms with Gasteiger partial charge >= 0.3 is 5.97 Å². The van der Waals surface area contributed by atoms with Crippen molar-refractivity contribution in [1.29, 1.82) is 0 Å². The van der Waals surface area contributed by atoms with Crippen LogP contribution in [0.4, 0.5) is 0 Å². The van der Waals surface area contributed by atoms with E-state index in [0.29, 0.717) is 0 Å². The molecule has 3 aromatic rings. The van der Waals surface area contributed by atoms with Crippen molar-refractivity contribution in [3.05, 3.63) is 107 Å². The zero-order valence-electron chi connectivity index (χ0n) is 14.9. The van der Waals surface area contributed by atoms with Gasteiger partial charge in [0.15, 0.2) is 0 Å². The largest absolute Gasteiger partial charge is 0.480 e. The number of amides is 2. The van der Waals surface area contributed by atoms with Crippen LogP contribution in [0.3, 0.4) is 0 Å². The van der Waals surface area contributed by atoms with Gasteiger partial charge in [-0.25, -0.2) is 4.79 Å². The van der Waals surface area contributed by atoms with E-state index in [1.165, 1.54) is 0 Å². The number of carboxylic acid groups (broad SMARTS) is 1. The van der Waals surface area contributed by atoms with Gasteiger partial charge < -0.3 is 5.11 Å². The third-order valence-corrected chi connectivity index (χ3v) is 4.99. The third kappa shape index (κ3) is 2.87. The Hall–Kier alpha value is -3.73. The van der Waals surface area contributed by atoms with Crippen molar-refractivity contribution in [2.75, 3.05) is 0 Å². The lowest BCUT2D eigenvalue weighted by Gasteiger charge is -2.31. The molecular weight excluding hydrogens is 354 g/mol. The van der Waals surface area contributed by atoms with Crippen molar-refractivity contribution in [2.45, 2.75) is 12.0 Å². The van der Waals surface area contributed by atoms with Crippen molar-refractivity contribution in [3.8, 4) is 0 Å². The minimum atomic E-state index is -1.36. The lowest BCUT2D eigenvalue weighted by atomic mass is 9.84. The Balaban J connectivity index is 1.87. The van der Waals surface area contributed by atoms with E-state index in [1.54, 1.807) is 24.3 Å². The summed E-state index contributed by atoms with van der Waals surface area (Å²) in [7, 11) is 0. The van der Waals surface area contributed by atoms with E-state index in [1.807, 2.05) is 60.7 Å². The summed E-state index contributed by atoms with van der Waals surface area (Å²) < 4.78 is 0. The summed E-state index contributed by atoms with van der Waals surface area (Å²) in [6.07, 6.45) is 0. The molecule has 4 rings (SSSR count). The van der Waals surface area contributed by atoms with Gasteiger partial charge in [-0.2, -0.15) is 0 Å². The summed E-state index contributed by atoms with van der Waals surface area (Å²) >= 11 is 0. The Morgan fingerprint density at radius 2 is 1.07 bits per heavy atom.